The Kier molecular flexibility index (Phi) is 1.87. The highest BCUT2D eigenvalue weighted by atomic mass is 16.5. The Hall–Kier alpha value is -0.120. The van der Waals surface area contributed by atoms with E-state index >= 15 is 0 Å². The molecule has 0 aromatic heterocycles. The number of ether oxygens (including phenoxy) is 1. The highest BCUT2D eigenvalue weighted by Gasteiger charge is 2.46. The second-order valence-electron chi connectivity index (χ2n) is 3.81. The van der Waals surface area contributed by atoms with Crippen LogP contribution in [0.5, 0.6) is 0 Å². The molecule has 0 aliphatic carbocycles. The summed E-state index contributed by atoms with van der Waals surface area (Å²) in [5.74, 6) is 0. The molecule has 1 spiro atoms. The Morgan fingerprint density at radius 2 is 2.18 bits per heavy atom. The van der Waals surface area contributed by atoms with Crippen molar-refractivity contribution in [1.82, 2.24) is 10.2 Å². The van der Waals surface area contributed by atoms with E-state index in [1.165, 1.54) is 26.2 Å². The summed E-state index contributed by atoms with van der Waals surface area (Å²) in [6.45, 7) is 7.02. The number of methoxy groups -OCH3 is 1. The van der Waals surface area contributed by atoms with Crippen LogP contribution in [-0.4, -0.2) is 51.3 Å². The van der Waals surface area contributed by atoms with Crippen molar-refractivity contribution in [1.29, 1.82) is 0 Å². The zero-order valence-electron chi connectivity index (χ0n) is 7.10. The minimum absolute atomic E-state index is 0.674. The van der Waals surface area contributed by atoms with Gasteiger partial charge in [-0.05, 0) is 0 Å². The van der Waals surface area contributed by atoms with Gasteiger partial charge in [0.15, 0.2) is 0 Å². The van der Waals surface area contributed by atoms with E-state index in [0.717, 1.165) is 13.2 Å². The summed E-state index contributed by atoms with van der Waals surface area (Å²) < 4.78 is 5.01. The minimum atomic E-state index is 0.674. The molecule has 0 aromatic carbocycles. The standard InChI is InChI=1S/C8H16N2O/c1-11-3-2-10-6-8(7-10)4-9-5-8/h9H,2-7H2,1H3. The van der Waals surface area contributed by atoms with Crippen molar-refractivity contribution in [3.63, 3.8) is 0 Å². The van der Waals surface area contributed by atoms with Crippen LogP contribution in [-0.2, 0) is 4.74 Å². The second-order valence-corrected chi connectivity index (χ2v) is 3.81. The Balaban J connectivity index is 1.63. The molecule has 1 N–H and O–H groups in total. The zero-order valence-corrected chi connectivity index (χ0v) is 7.10. The quantitative estimate of drug-likeness (QED) is 0.598. The predicted octanol–water partition coefficient (Wildman–Crippen LogP) is -0.462. The molecule has 0 radical (unpaired) electrons. The van der Waals surface area contributed by atoms with E-state index in [2.05, 4.69) is 10.2 Å². The fourth-order valence-electron chi connectivity index (χ4n) is 1.98. The Morgan fingerprint density at radius 3 is 2.64 bits per heavy atom. The molecule has 3 heteroatoms. The second kappa shape index (κ2) is 2.73. The van der Waals surface area contributed by atoms with Crippen LogP contribution in [0.3, 0.4) is 0 Å². The van der Waals surface area contributed by atoms with Gasteiger partial charge in [0, 0.05) is 45.2 Å². The van der Waals surface area contributed by atoms with Gasteiger partial charge in [0.1, 0.15) is 0 Å². The first-order valence-corrected chi connectivity index (χ1v) is 4.27. The number of rotatable bonds is 3. The lowest BCUT2D eigenvalue weighted by atomic mass is 9.74. The van der Waals surface area contributed by atoms with Crippen LogP contribution in [0.1, 0.15) is 0 Å². The van der Waals surface area contributed by atoms with Crippen molar-refractivity contribution in [3.8, 4) is 0 Å². The van der Waals surface area contributed by atoms with E-state index in [1.807, 2.05) is 0 Å². The smallest absolute Gasteiger partial charge is 0.0589 e. The number of nitrogens with one attached hydrogen (secondary N) is 1. The maximum absolute atomic E-state index is 5.01. The monoisotopic (exact) mass is 156 g/mol. The molecule has 0 saturated carbocycles. The number of likely N-dealkylation sites (tertiary alicyclic amines) is 1. The molecule has 3 nitrogen and oxygen atoms in total. The molecule has 2 fully saturated rings. The third-order valence-electron chi connectivity index (χ3n) is 2.73. The lowest BCUT2D eigenvalue weighted by Gasteiger charge is -2.56. The lowest BCUT2D eigenvalue weighted by molar-refractivity contribution is -0.0484. The molecular weight excluding hydrogens is 140 g/mol. The summed E-state index contributed by atoms with van der Waals surface area (Å²) in [6, 6.07) is 0. The average Bonchev–Trinajstić information content (AvgIpc) is 1.81. The summed E-state index contributed by atoms with van der Waals surface area (Å²) in [6.07, 6.45) is 0. The SMILES string of the molecule is COCCN1CC2(CNC2)C1. The van der Waals surface area contributed by atoms with Crippen LogP contribution in [0.2, 0.25) is 0 Å². The molecule has 2 aliphatic rings. The van der Waals surface area contributed by atoms with Gasteiger partial charge in [-0.3, -0.25) is 4.90 Å². The zero-order chi connectivity index (χ0) is 7.73. The highest BCUT2D eigenvalue weighted by Crippen LogP contribution is 2.33. The molecule has 2 aliphatic heterocycles. The van der Waals surface area contributed by atoms with Gasteiger partial charge in [-0.2, -0.15) is 0 Å². The van der Waals surface area contributed by atoms with E-state index < -0.39 is 0 Å². The summed E-state index contributed by atoms with van der Waals surface area (Å²) in [7, 11) is 1.76. The van der Waals surface area contributed by atoms with Crippen molar-refractivity contribution in [3.05, 3.63) is 0 Å². The molecule has 0 amide bonds. The molecule has 0 unspecified atom stereocenters. The molecular formula is C8H16N2O. The van der Waals surface area contributed by atoms with Gasteiger partial charge in [0.05, 0.1) is 6.61 Å². The topological polar surface area (TPSA) is 24.5 Å². The van der Waals surface area contributed by atoms with E-state index in [0.29, 0.717) is 5.41 Å². The van der Waals surface area contributed by atoms with Crippen LogP contribution in [0.25, 0.3) is 0 Å². The Labute approximate surface area is 67.7 Å². The molecule has 2 heterocycles. The molecule has 2 saturated heterocycles. The first-order chi connectivity index (χ1) is 5.35. The van der Waals surface area contributed by atoms with Gasteiger partial charge >= 0.3 is 0 Å². The largest absolute Gasteiger partial charge is 0.383 e. The fraction of sp³-hybridized carbons (Fsp3) is 1.00. The molecule has 2 rings (SSSR count). The van der Waals surface area contributed by atoms with E-state index in [9.17, 15) is 0 Å². The van der Waals surface area contributed by atoms with Crippen LogP contribution in [0.4, 0.5) is 0 Å². The first kappa shape index (κ1) is 7.53. The lowest BCUT2D eigenvalue weighted by Crippen LogP contribution is -2.71. The molecule has 0 bridgehead atoms. The van der Waals surface area contributed by atoms with Gasteiger partial charge in [-0.25, -0.2) is 0 Å². The summed E-state index contributed by atoms with van der Waals surface area (Å²) >= 11 is 0. The Morgan fingerprint density at radius 1 is 1.45 bits per heavy atom. The minimum Gasteiger partial charge on any atom is -0.383 e. The van der Waals surface area contributed by atoms with Crippen LogP contribution < -0.4 is 5.32 Å². The van der Waals surface area contributed by atoms with Gasteiger partial charge in [0.2, 0.25) is 0 Å². The number of hydrogen-bond acceptors (Lipinski definition) is 3. The van der Waals surface area contributed by atoms with Crippen LogP contribution in [0, 0.1) is 5.41 Å². The summed E-state index contributed by atoms with van der Waals surface area (Å²) in [4.78, 5) is 2.46. The van der Waals surface area contributed by atoms with Gasteiger partial charge in [-0.1, -0.05) is 0 Å². The van der Waals surface area contributed by atoms with E-state index in [-0.39, 0.29) is 0 Å². The maximum atomic E-state index is 5.01. The van der Waals surface area contributed by atoms with Gasteiger partial charge in [-0.15, -0.1) is 0 Å². The molecule has 0 aromatic rings. The van der Waals surface area contributed by atoms with Crippen molar-refractivity contribution in [2.24, 2.45) is 5.41 Å². The van der Waals surface area contributed by atoms with Gasteiger partial charge in [0.25, 0.3) is 0 Å². The molecule has 11 heavy (non-hydrogen) atoms. The maximum Gasteiger partial charge on any atom is 0.0589 e. The van der Waals surface area contributed by atoms with Crippen molar-refractivity contribution in [2.45, 2.75) is 0 Å². The fourth-order valence-corrected chi connectivity index (χ4v) is 1.98. The first-order valence-electron chi connectivity index (χ1n) is 4.27. The highest BCUT2D eigenvalue weighted by molar-refractivity contribution is 5.03. The predicted molar refractivity (Wildman–Crippen MR) is 43.6 cm³/mol. The van der Waals surface area contributed by atoms with E-state index in [4.69, 9.17) is 4.74 Å². The third kappa shape index (κ3) is 1.28. The van der Waals surface area contributed by atoms with Gasteiger partial charge < -0.3 is 10.1 Å². The Bertz CT molecular complexity index is 137. The van der Waals surface area contributed by atoms with Crippen molar-refractivity contribution >= 4 is 0 Å². The number of nitrogens with zero attached hydrogens (tertiary/aromatic N) is 1. The molecule has 0 atom stereocenters. The summed E-state index contributed by atoms with van der Waals surface area (Å²) in [5.41, 5.74) is 0.674. The van der Waals surface area contributed by atoms with Crippen molar-refractivity contribution in [2.75, 3.05) is 46.4 Å². The summed E-state index contributed by atoms with van der Waals surface area (Å²) in [5, 5.41) is 3.32. The third-order valence-corrected chi connectivity index (χ3v) is 2.73. The number of hydrogen-bond donors (Lipinski definition) is 1. The van der Waals surface area contributed by atoms with E-state index in [1.54, 1.807) is 7.11 Å². The average molecular weight is 156 g/mol. The van der Waals surface area contributed by atoms with Crippen LogP contribution in [0.15, 0.2) is 0 Å². The normalized spacial score (nSPS) is 28.1. The van der Waals surface area contributed by atoms with Crippen molar-refractivity contribution < 1.29 is 4.74 Å². The van der Waals surface area contributed by atoms with Crippen LogP contribution >= 0.6 is 0 Å². The molecule has 64 valence electrons.